The van der Waals surface area contributed by atoms with Crippen LogP contribution in [0, 0.1) is 5.82 Å². The number of benzene rings is 4. The molecule has 8 heteroatoms. The summed E-state index contributed by atoms with van der Waals surface area (Å²) >= 11 is 5.99. The van der Waals surface area contributed by atoms with Gasteiger partial charge in [-0.3, -0.25) is 9.59 Å². The lowest BCUT2D eigenvalue weighted by Crippen LogP contribution is -2.30. The number of carbonyl (C=O) groups is 2. The molecule has 1 heterocycles. The first-order valence-electron chi connectivity index (χ1n) is 12.0. The average molecular weight is 531 g/mol. The lowest BCUT2D eigenvalue weighted by atomic mass is 10.1. The molecule has 38 heavy (non-hydrogen) atoms. The number of nitrogens with zero attached hydrogens (tertiary/aromatic N) is 1. The Kier molecular flexibility index (Phi) is 7.56. The Morgan fingerprint density at radius 1 is 0.842 bits per heavy atom. The van der Waals surface area contributed by atoms with Crippen molar-refractivity contribution in [1.82, 2.24) is 5.32 Å². The number of fused-ring (bicyclic) bond motifs is 1. The SMILES string of the molecule is O=C(Cc1ccc(N(Cc2cccc(F)c2)C(=O)c2ccc(Cl)cc2)cc1)NCc1ccc2c(c1)OCO2. The van der Waals surface area contributed by atoms with Crippen molar-refractivity contribution < 1.29 is 23.5 Å². The highest BCUT2D eigenvalue weighted by Crippen LogP contribution is 2.32. The molecule has 1 N–H and O–H groups in total. The Balaban J connectivity index is 1.27. The van der Waals surface area contributed by atoms with Crippen molar-refractivity contribution in [2.45, 2.75) is 19.5 Å². The smallest absolute Gasteiger partial charge is 0.258 e. The molecule has 1 aliphatic heterocycles. The minimum Gasteiger partial charge on any atom is -0.454 e. The maximum atomic E-state index is 13.8. The molecule has 4 aromatic rings. The third-order valence-electron chi connectivity index (χ3n) is 6.11. The molecular formula is C30H24ClFN2O4. The molecule has 0 radical (unpaired) electrons. The van der Waals surface area contributed by atoms with E-state index in [-0.39, 0.29) is 37.4 Å². The fraction of sp³-hybridized carbons (Fsp3) is 0.133. The van der Waals surface area contributed by atoms with Crippen LogP contribution in [0.4, 0.5) is 10.1 Å². The molecular weight excluding hydrogens is 507 g/mol. The van der Waals surface area contributed by atoms with E-state index in [0.29, 0.717) is 39.9 Å². The normalized spacial score (nSPS) is 11.7. The Hall–Kier alpha value is -4.36. The van der Waals surface area contributed by atoms with Crippen molar-refractivity contribution in [1.29, 1.82) is 0 Å². The molecule has 0 aliphatic carbocycles. The highest BCUT2D eigenvalue weighted by Gasteiger charge is 2.19. The Morgan fingerprint density at radius 3 is 2.34 bits per heavy atom. The van der Waals surface area contributed by atoms with Gasteiger partial charge in [-0.05, 0) is 77.4 Å². The van der Waals surface area contributed by atoms with Gasteiger partial charge in [0, 0.05) is 22.8 Å². The maximum Gasteiger partial charge on any atom is 0.258 e. The number of rotatable bonds is 8. The molecule has 6 nitrogen and oxygen atoms in total. The largest absolute Gasteiger partial charge is 0.454 e. The van der Waals surface area contributed by atoms with Gasteiger partial charge in [-0.25, -0.2) is 4.39 Å². The second-order valence-corrected chi connectivity index (χ2v) is 9.27. The van der Waals surface area contributed by atoms with Gasteiger partial charge in [0.2, 0.25) is 12.7 Å². The van der Waals surface area contributed by atoms with Crippen LogP contribution in [0.1, 0.15) is 27.0 Å². The zero-order chi connectivity index (χ0) is 26.5. The summed E-state index contributed by atoms with van der Waals surface area (Å²) in [6.07, 6.45) is 0.180. The number of halogens is 2. The van der Waals surface area contributed by atoms with Crippen LogP contribution >= 0.6 is 11.6 Å². The number of nitrogens with one attached hydrogen (secondary N) is 1. The molecule has 0 fully saturated rings. The lowest BCUT2D eigenvalue weighted by molar-refractivity contribution is -0.120. The van der Waals surface area contributed by atoms with Gasteiger partial charge in [0.15, 0.2) is 11.5 Å². The first-order chi connectivity index (χ1) is 18.4. The molecule has 1 aliphatic rings. The van der Waals surface area contributed by atoms with Gasteiger partial charge in [0.05, 0.1) is 13.0 Å². The van der Waals surface area contributed by atoms with Crippen LogP contribution in [-0.2, 0) is 24.3 Å². The lowest BCUT2D eigenvalue weighted by Gasteiger charge is -2.23. The Morgan fingerprint density at radius 2 is 1.58 bits per heavy atom. The number of ether oxygens (including phenoxy) is 2. The van der Waals surface area contributed by atoms with Crippen LogP contribution in [0.25, 0.3) is 0 Å². The molecule has 0 unspecified atom stereocenters. The van der Waals surface area contributed by atoms with Gasteiger partial charge in [-0.2, -0.15) is 0 Å². The molecule has 2 amide bonds. The van der Waals surface area contributed by atoms with Crippen molar-refractivity contribution in [3.63, 3.8) is 0 Å². The van der Waals surface area contributed by atoms with E-state index in [1.54, 1.807) is 53.4 Å². The highest BCUT2D eigenvalue weighted by molar-refractivity contribution is 6.30. The van der Waals surface area contributed by atoms with Gasteiger partial charge in [-0.1, -0.05) is 41.9 Å². The fourth-order valence-corrected chi connectivity index (χ4v) is 4.27. The van der Waals surface area contributed by atoms with Gasteiger partial charge < -0.3 is 19.7 Å². The van der Waals surface area contributed by atoms with Crippen LogP contribution in [0.2, 0.25) is 5.02 Å². The highest BCUT2D eigenvalue weighted by atomic mass is 35.5. The first-order valence-corrected chi connectivity index (χ1v) is 12.4. The number of hydrogen-bond acceptors (Lipinski definition) is 4. The average Bonchev–Trinajstić information content (AvgIpc) is 3.39. The molecule has 192 valence electrons. The first kappa shape index (κ1) is 25.3. The number of anilines is 1. The van der Waals surface area contributed by atoms with E-state index >= 15 is 0 Å². The van der Waals surface area contributed by atoms with Crippen molar-refractivity contribution in [2.24, 2.45) is 0 Å². The fourth-order valence-electron chi connectivity index (χ4n) is 4.14. The van der Waals surface area contributed by atoms with Crippen LogP contribution < -0.4 is 19.7 Å². The molecule has 4 aromatic carbocycles. The van der Waals surface area contributed by atoms with Crippen LogP contribution in [0.3, 0.4) is 0 Å². The zero-order valence-electron chi connectivity index (χ0n) is 20.3. The summed E-state index contributed by atoms with van der Waals surface area (Å²) < 4.78 is 24.5. The predicted octanol–water partition coefficient (Wildman–Crippen LogP) is 5.91. The minimum atomic E-state index is -0.372. The van der Waals surface area contributed by atoms with Gasteiger partial charge in [-0.15, -0.1) is 0 Å². The van der Waals surface area contributed by atoms with Crippen LogP contribution in [0.15, 0.2) is 91.0 Å². The molecule has 5 rings (SSSR count). The summed E-state index contributed by atoms with van der Waals surface area (Å²) in [4.78, 5) is 27.5. The van der Waals surface area contributed by atoms with E-state index in [4.69, 9.17) is 21.1 Å². The minimum absolute atomic E-state index is 0.135. The van der Waals surface area contributed by atoms with E-state index in [9.17, 15) is 14.0 Å². The Bertz CT molecular complexity index is 1460. The van der Waals surface area contributed by atoms with Crippen molar-refractivity contribution in [3.05, 3.63) is 124 Å². The summed E-state index contributed by atoms with van der Waals surface area (Å²) in [5, 5.41) is 3.44. The van der Waals surface area contributed by atoms with Crippen molar-refractivity contribution in [2.75, 3.05) is 11.7 Å². The van der Waals surface area contributed by atoms with E-state index in [2.05, 4.69) is 5.32 Å². The molecule has 0 bridgehead atoms. The number of hydrogen-bond donors (Lipinski definition) is 1. The molecule has 0 spiro atoms. The van der Waals surface area contributed by atoms with Gasteiger partial charge >= 0.3 is 0 Å². The van der Waals surface area contributed by atoms with Crippen LogP contribution in [-0.4, -0.2) is 18.6 Å². The summed E-state index contributed by atoms with van der Waals surface area (Å²) in [6, 6.07) is 25.5. The van der Waals surface area contributed by atoms with Crippen molar-refractivity contribution in [3.8, 4) is 11.5 Å². The number of amides is 2. The second-order valence-electron chi connectivity index (χ2n) is 8.84. The quantitative estimate of drug-likeness (QED) is 0.307. The standard InChI is InChI=1S/C30H24ClFN2O4/c31-24-9-7-23(8-10-24)30(36)34(18-22-2-1-3-25(32)14-22)26-11-4-20(5-12-26)16-29(35)33-17-21-6-13-27-28(15-21)38-19-37-27/h1-15H,16-19H2,(H,33,35). The molecule has 0 aromatic heterocycles. The molecule has 0 saturated carbocycles. The summed E-state index contributed by atoms with van der Waals surface area (Å²) in [6.45, 7) is 0.741. The van der Waals surface area contributed by atoms with Crippen LogP contribution in [0.5, 0.6) is 11.5 Å². The molecule has 0 atom stereocenters. The second kappa shape index (κ2) is 11.4. The summed E-state index contributed by atoms with van der Waals surface area (Å²) in [5.74, 6) is 0.609. The van der Waals surface area contributed by atoms with Crippen molar-refractivity contribution >= 4 is 29.1 Å². The maximum absolute atomic E-state index is 13.8. The summed E-state index contributed by atoms with van der Waals surface area (Å²) in [7, 11) is 0. The zero-order valence-corrected chi connectivity index (χ0v) is 21.1. The van der Waals surface area contributed by atoms with E-state index in [1.807, 2.05) is 30.3 Å². The third-order valence-corrected chi connectivity index (χ3v) is 6.36. The van der Waals surface area contributed by atoms with E-state index in [1.165, 1.54) is 12.1 Å². The monoisotopic (exact) mass is 530 g/mol. The summed E-state index contributed by atoms with van der Waals surface area (Å²) in [5.41, 5.74) is 3.43. The topological polar surface area (TPSA) is 67.9 Å². The van der Waals surface area contributed by atoms with Gasteiger partial charge in [0.25, 0.3) is 5.91 Å². The Labute approximate surface area is 224 Å². The molecule has 0 saturated heterocycles. The third kappa shape index (κ3) is 6.12. The van der Waals surface area contributed by atoms with E-state index in [0.717, 1.165) is 11.1 Å². The number of carbonyl (C=O) groups excluding carboxylic acids is 2. The van der Waals surface area contributed by atoms with E-state index < -0.39 is 0 Å². The van der Waals surface area contributed by atoms with Gasteiger partial charge in [0.1, 0.15) is 5.82 Å². The predicted molar refractivity (Wildman–Crippen MR) is 143 cm³/mol.